The van der Waals surface area contributed by atoms with Crippen molar-refractivity contribution in [3.63, 3.8) is 0 Å². The molecule has 0 bridgehead atoms. The highest BCUT2D eigenvalue weighted by Gasteiger charge is 2.35. The van der Waals surface area contributed by atoms with Crippen LogP contribution in [0, 0.1) is 0 Å². The van der Waals surface area contributed by atoms with Crippen molar-refractivity contribution in [3.05, 3.63) is 52.3 Å². The molecule has 1 aliphatic heterocycles. The van der Waals surface area contributed by atoms with E-state index in [-0.39, 0.29) is 12.1 Å². The largest absolute Gasteiger partial charge is 0.444 e. The number of amides is 1. The van der Waals surface area contributed by atoms with Crippen molar-refractivity contribution in [3.8, 4) is 0 Å². The zero-order valence-electron chi connectivity index (χ0n) is 15.8. The Bertz CT molecular complexity index is 777. The highest BCUT2D eigenvalue weighted by molar-refractivity contribution is 6.30. The minimum absolute atomic E-state index is 0.0339. The fourth-order valence-corrected chi connectivity index (χ4v) is 3.51. The van der Waals surface area contributed by atoms with E-state index < -0.39 is 5.60 Å². The first kappa shape index (κ1) is 18.8. The lowest BCUT2D eigenvalue weighted by Gasteiger charge is -2.28. The SMILES string of the molecule is Cn1cc(Cc2ccc(Cl)cc2)c([C@H]2CCCN2C(=O)OC(C)(C)C)n1. The smallest absolute Gasteiger partial charge is 0.410 e. The van der Waals surface area contributed by atoms with Gasteiger partial charge in [0.05, 0.1) is 11.7 Å². The predicted octanol–water partition coefficient (Wildman–Crippen LogP) is 4.74. The van der Waals surface area contributed by atoms with Gasteiger partial charge in [0.15, 0.2) is 0 Å². The van der Waals surface area contributed by atoms with E-state index in [2.05, 4.69) is 5.10 Å². The van der Waals surface area contributed by atoms with E-state index in [0.29, 0.717) is 6.54 Å². The number of hydrogen-bond donors (Lipinski definition) is 0. The maximum absolute atomic E-state index is 12.6. The highest BCUT2D eigenvalue weighted by Crippen LogP contribution is 2.34. The third-order valence-electron chi connectivity index (χ3n) is 4.44. The third kappa shape index (κ3) is 4.39. The second-order valence-electron chi connectivity index (χ2n) is 7.85. The summed E-state index contributed by atoms with van der Waals surface area (Å²) in [5.74, 6) is 0. The normalized spacial score (nSPS) is 17.6. The second-order valence-corrected chi connectivity index (χ2v) is 8.28. The number of likely N-dealkylation sites (tertiary alicyclic amines) is 1. The molecular formula is C20H26ClN3O2. The third-order valence-corrected chi connectivity index (χ3v) is 4.69. The van der Waals surface area contributed by atoms with Crippen LogP contribution in [0.25, 0.3) is 0 Å². The van der Waals surface area contributed by atoms with Gasteiger partial charge in [-0.25, -0.2) is 4.79 Å². The molecule has 26 heavy (non-hydrogen) atoms. The molecule has 1 amide bonds. The minimum atomic E-state index is -0.500. The van der Waals surface area contributed by atoms with Crippen molar-refractivity contribution in [1.29, 1.82) is 0 Å². The monoisotopic (exact) mass is 375 g/mol. The van der Waals surface area contributed by atoms with E-state index in [1.807, 2.05) is 67.9 Å². The average molecular weight is 376 g/mol. The van der Waals surface area contributed by atoms with Crippen LogP contribution >= 0.6 is 11.6 Å². The van der Waals surface area contributed by atoms with E-state index in [1.165, 1.54) is 5.56 Å². The molecule has 1 aromatic carbocycles. The Morgan fingerprint density at radius 3 is 2.65 bits per heavy atom. The van der Waals surface area contributed by atoms with Crippen molar-refractivity contribution < 1.29 is 9.53 Å². The number of aryl methyl sites for hydroxylation is 1. The van der Waals surface area contributed by atoms with Crippen LogP contribution in [-0.2, 0) is 18.2 Å². The fraction of sp³-hybridized carbons (Fsp3) is 0.500. The number of nitrogens with zero attached hydrogens (tertiary/aromatic N) is 3. The zero-order valence-corrected chi connectivity index (χ0v) is 16.6. The molecule has 5 nitrogen and oxygen atoms in total. The number of rotatable bonds is 3. The lowest BCUT2D eigenvalue weighted by Crippen LogP contribution is -2.36. The highest BCUT2D eigenvalue weighted by atomic mass is 35.5. The Balaban J connectivity index is 1.84. The molecule has 2 aromatic rings. The van der Waals surface area contributed by atoms with E-state index in [4.69, 9.17) is 16.3 Å². The lowest BCUT2D eigenvalue weighted by molar-refractivity contribution is 0.0220. The van der Waals surface area contributed by atoms with E-state index >= 15 is 0 Å². The molecule has 0 aliphatic carbocycles. The minimum Gasteiger partial charge on any atom is -0.444 e. The molecule has 0 N–H and O–H groups in total. The van der Waals surface area contributed by atoms with Crippen LogP contribution in [0.2, 0.25) is 5.02 Å². The van der Waals surface area contributed by atoms with Gasteiger partial charge in [0, 0.05) is 31.2 Å². The second kappa shape index (κ2) is 7.31. The van der Waals surface area contributed by atoms with Crippen LogP contribution < -0.4 is 0 Å². The molecule has 0 radical (unpaired) electrons. The van der Waals surface area contributed by atoms with Crippen molar-refractivity contribution in [1.82, 2.24) is 14.7 Å². The van der Waals surface area contributed by atoms with E-state index in [1.54, 1.807) is 0 Å². The van der Waals surface area contributed by atoms with Crippen molar-refractivity contribution in [2.45, 2.75) is 51.7 Å². The lowest BCUT2D eigenvalue weighted by atomic mass is 10.0. The Hall–Kier alpha value is -2.01. The van der Waals surface area contributed by atoms with Gasteiger partial charge in [0.25, 0.3) is 0 Å². The summed E-state index contributed by atoms with van der Waals surface area (Å²) >= 11 is 5.99. The van der Waals surface area contributed by atoms with Gasteiger partial charge in [-0.1, -0.05) is 23.7 Å². The number of aromatic nitrogens is 2. The molecule has 0 unspecified atom stereocenters. The summed E-state index contributed by atoms with van der Waals surface area (Å²) in [7, 11) is 1.92. The Labute approximate surface area is 159 Å². The standard InChI is InChI=1S/C20H26ClN3O2/c1-20(2,3)26-19(25)24-11-5-6-17(24)18-15(13-23(4)22-18)12-14-7-9-16(21)10-8-14/h7-10,13,17H,5-6,11-12H2,1-4H3/t17-/m1/s1. The topological polar surface area (TPSA) is 47.4 Å². The van der Waals surface area contributed by atoms with Crippen LogP contribution in [0.4, 0.5) is 4.79 Å². The molecule has 140 valence electrons. The summed E-state index contributed by atoms with van der Waals surface area (Å²) in [6.45, 7) is 6.38. The first-order valence-electron chi connectivity index (χ1n) is 8.99. The molecule has 1 saturated heterocycles. The summed E-state index contributed by atoms with van der Waals surface area (Å²) < 4.78 is 7.41. The maximum Gasteiger partial charge on any atom is 0.410 e. The summed E-state index contributed by atoms with van der Waals surface area (Å²) in [5.41, 5.74) is 2.77. The van der Waals surface area contributed by atoms with Gasteiger partial charge in [-0.3, -0.25) is 9.58 Å². The number of ether oxygens (including phenoxy) is 1. The van der Waals surface area contributed by atoms with Crippen molar-refractivity contribution in [2.24, 2.45) is 7.05 Å². The van der Waals surface area contributed by atoms with E-state index in [0.717, 1.165) is 35.5 Å². The van der Waals surface area contributed by atoms with Crippen LogP contribution in [0.5, 0.6) is 0 Å². The Morgan fingerprint density at radius 2 is 2.00 bits per heavy atom. The quantitative estimate of drug-likeness (QED) is 0.778. The van der Waals surface area contributed by atoms with Crippen molar-refractivity contribution in [2.75, 3.05) is 6.54 Å². The number of benzene rings is 1. The fourth-order valence-electron chi connectivity index (χ4n) is 3.38. The molecule has 6 heteroatoms. The van der Waals surface area contributed by atoms with Gasteiger partial charge in [0.2, 0.25) is 0 Å². The van der Waals surface area contributed by atoms with E-state index in [9.17, 15) is 4.79 Å². The first-order chi connectivity index (χ1) is 12.2. The van der Waals surface area contributed by atoms with Gasteiger partial charge >= 0.3 is 6.09 Å². The number of hydrogen-bond acceptors (Lipinski definition) is 3. The molecule has 1 aromatic heterocycles. The molecule has 1 atom stereocenters. The van der Waals surface area contributed by atoms with Crippen molar-refractivity contribution >= 4 is 17.7 Å². The molecule has 0 saturated carbocycles. The van der Waals surface area contributed by atoms with Gasteiger partial charge < -0.3 is 4.74 Å². The van der Waals surface area contributed by atoms with Gasteiger partial charge in [-0.2, -0.15) is 5.10 Å². The van der Waals surface area contributed by atoms with Crippen LogP contribution in [0.3, 0.4) is 0 Å². The van der Waals surface area contributed by atoms with Crippen LogP contribution in [-0.4, -0.2) is 32.9 Å². The Kier molecular flexibility index (Phi) is 5.28. The van der Waals surface area contributed by atoms with Crippen LogP contribution in [0.1, 0.15) is 56.5 Å². The molecular weight excluding hydrogens is 350 g/mol. The summed E-state index contributed by atoms with van der Waals surface area (Å²) in [6.07, 6.45) is 4.40. The number of carbonyl (C=O) groups is 1. The summed E-state index contributed by atoms with van der Waals surface area (Å²) in [6, 6.07) is 7.82. The number of carbonyl (C=O) groups excluding carboxylic acids is 1. The van der Waals surface area contributed by atoms with Gasteiger partial charge in [-0.05, 0) is 56.9 Å². The average Bonchev–Trinajstić information content (AvgIpc) is 3.14. The molecule has 1 aliphatic rings. The molecule has 3 rings (SSSR count). The first-order valence-corrected chi connectivity index (χ1v) is 9.37. The molecule has 0 spiro atoms. The maximum atomic E-state index is 12.6. The van der Waals surface area contributed by atoms with Gasteiger partial charge in [-0.15, -0.1) is 0 Å². The Morgan fingerprint density at radius 1 is 1.31 bits per heavy atom. The number of halogens is 1. The zero-order chi connectivity index (χ0) is 18.9. The summed E-state index contributed by atoms with van der Waals surface area (Å²) in [5, 5.41) is 5.41. The van der Waals surface area contributed by atoms with Gasteiger partial charge in [0.1, 0.15) is 5.60 Å². The summed E-state index contributed by atoms with van der Waals surface area (Å²) in [4.78, 5) is 14.4. The molecule has 1 fully saturated rings. The predicted molar refractivity (Wildman–Crippen MR) is 102 cm³/mol. The molecule has 2 heterocycles. The van der Waals surface area contributed by atoms with Crippen LogP contribution in [0.15, 0.2) is 30.5 Å².